The van der Waals surface area contributed by atoms with Crippen molar-refractivity contribution >= 4 is 33.0 Å². The van der Waals surface area contributed by atoms with E-state index in [-0.39, 0.29) is 23.0 Å². The van der Waals surface area contributed by atoms with Gasteiger partial charge in [-0.25, -0.2) is 22.8 Å². The molecule has 3 heterocycles. The molecule has 0 radical (unpaired) electrons. The lowest BCUT2D eigenvalue weighted by Crippen LogP contribution is -2.33. The first-order valence-electron chi connectivity index (χ1n) is 10.7. The molecule has 0 aliphatic heterocycles. The summed E-state index contributed by atoms with van der Waals surface area (Å²) in [6.07, 6.45) is 6.83. The molecule has 1 aliphatic carbocycles. The van der Waals surface area contributed by atoms with Crippen LogP contribution in [0.4, 0.5) is 10.1 Å². The molecule has 1 amide bonds. The second-order valence-electron chi connectivity index (χ2n) is 7.59. The Labute approximate surface area is 205 Å². The summed E-state index contributed by atoms with van der Waals surface area (Å²) in [5.74, 6) is -1.12. The third kappa shape index (κ3) is 5.89. The Balaban J connectivity index is 1.53. The number of hydrogen-bond donors (Lipinski definition) is 2. The van der Waals surface area contributed by atoms with Crippen molar-refractivity contribution in [1.29, 1.82) is 0 Å². The predicted octanol–water partition coefficient (Wildman–Crippen LogP) is 2.55. The number of carbonyl (C=O) groups excluding carboxylic acids is 1. The fourth-order valence-corrected chi connectivity index (χ4v) is 5.32. The SMILES string of the molecule is CCOc1cncc(-c2cnc(C(=O)N[C@@H](COC)c3nccc(NS(=O)(=O)C4CC4)c3F)s2)n1. The summed E-state index contributed by atoms with van der Waals surface area (Å²) < 4.78 is 52.5. The number of sulfonamides is 1. The number of carbonyl (C=O) groups is 1. The topological polar surface area (TPSA) is 145 Å². The Kier molecular flexibility index (Phi) is 7.52. The highest BCUT2D eigenvalue weighted by Crippen LogP contribution is 2.31. The van der Waals surface area contributed by atoms with E-state index in [2.05, 4.69) is 30.0 Å². The minimum absolute atomic E-state index is 0.103. The van der Waals surface area contributed by atoms with Crippen LogP contribution in [0.3, 0.4) is 0 Å². The standard InChI is InChI=1S/C21H23FN6O5S2/c1-3-33-17-10-23-8-14(26-17)16-9-25-21(34-16)20(29)27-15(11-32-2)19-18(22)13(6-7-24-19)28-35(30,31)12-4-5-12/h6-10,12,15H,3-5,11H2,1-2H3,(H,24,28)(H,27,29)/t15-/m0/s1. The maximum atomic E-state index is 15.2. The maximum Gasteiger partial charge on any atom is 0.280 e. The number of rotatable bonds is 11. The van der Waals surface area contributed by atoms with E-state index in [4.69, 9.17) is 9.47 Å². The molecule has 1 atom stereocenters. The van der Waals surface area contributed by atoms with Gasteiger partial charge < -0.3 is 14.8 Å². The van der Waals surface area contributed by atoms with Gasteiger partial charge >= 0.3 is 0 Å². The van der Waals surface area contributed by atoms with Crippen LogP contribution in [0.1, 0.15) is 41.3 Å². The molecule has 14 heteroatoms. The number of halogens is 1. The molecule has 35 heavy (non-hydrogen) atoms. The van der Waals surface area contributed by atoms with Crippen LogP contribution in [0.15, 0.2) is 30.9 Å². The molecule has 2 N–H and O–H groups in total. The van der Waals surface area contributed by atoms with Crippen molar-refractivity contribution in [1.82, 2.24) is 25.3 Å². The maximum absolute atomic E-state index is 15.2. The molecule has 0 spiro atoms. The van der Waals surface area contributed by atoms with Crippen LogP contribution in [-0.2, 0) is 14.8 Å². The molecule has 0 aromatic carbocycles. The molecule has 1 aliphatic rings. The minimum atomic E-state index is -3.68. The van der Waals surface area contributed by atoms with Crippen LogP contribution in [0.2, 0.25) is 0 Å². The molecule has 3 aromatic heterocycles. The highest BCUT2D eigenvalue weighted by molar-refractivity contribution is 7.93. The number of aromatic nitrogens is 4. The summed E-state index contributed by atoms with van der Waals surface area (Å²) >= 11 is 1.07. The van der Waals surface area contributed by atoms with Crippen molar-refractivity contribution in [3.63, 3.8) is 0 Å². The van der Waals surface area contributed by atoms with Crippen LogP contribution < -0.4 is 14.8 Å². The smallest absolute Gasteiger partial charge is 0.280 e. The summed E-state index contributed by atoms with van der Waals surface area (Å²) in [6.45, 7) is 2.16. The van der Waals surface area contributed by atoms with E-state index < -0.39 is 33.0 Å². The molecule has 0 saturated heterocycles. The molecule has 186 valence electrons. The second-order valence-corrected chi connectivity index (χ2v) is 10.6. The summed E-state index contributed by atoms with van der Waals surface area (Å²) in [5, 5.41) is 2.24. The summed E-state index contributed by atoms with van der Waals surface area (Å²) in [4.78, 5) is 30.1. The van der Waals surface area contributed by atoms with Crippen molar-refractivity contribution in [3.05, 3.63) is 47.4 Å². The fraction of sp³-hybridized carbons (Fsp3) is 0.381. The normalized spacial score (nSPS) is 14.4. The molecular weight excluding hydrogens is 499 g/mol. The zero-order chi connectivity index (χ0) is 25.0. The quantitative estimate of drug-likeness (QED) is 0.388. The molecule has 1 saturated carbocycles. The van der Waals surface area contributed by atoms with Gasteiger partial charge in [0, 0.05) is 19.5 Å². The third-order valence-corrected chi connectivity index (χ3v) is 7.83. The van der Waals surface area contributed by atoms with Gasteiger partial charge in [-0.15, -0.1) is 11.3 Å². The van der Waals surface area contributed by atoms with Gasteiger partial charge in [0.2, 0.25) is 15.9 Å². The van der Waals surface area contributed by atoms with Gasteiger partial charge in [-0.1, -0.05) is 0 Å². The van der Waals surface area contributed by atoms with Crippen molar-refractivity contribution in [2.45, 2.75) is 31.1 Å². The lowest BCUT2D eigenvalue weighted by atomic mass is 10.1. The molecular formula is C21H23FN6O5S2. The monoisotopic (exact) mass is 522 g/mol. The van der Waals surface area contributed by atoms with Crippen LogP contribution in [0, 0.1) is 5.82 Å². The van der Waals surface area contributed by atoms with E-state index in [0.29, 0.717) is 35.9 Å². The van der Waals surface area contributed by atoms with Crippen LogP contribution in [-0.4, -0.2) is 59.8 Å². The predicted molar refractivity (Wildman–Crippen MR) is 126 cm³/mol. The first-order chi connectivity index (χ1) is 16.8. The molecule has 3 aromatic rings. The number of ether oxygens (including phenoxy) is 2. The van der Waals surface area contributed by atoms with Gasteiger partial charge in [-0.2, -0.15) is 0 Å². The number of pyridine rings is 1. The first kappa shape index (κ1) is 24.9. The van der Waals surface area contributed by atoms with Crippen molar-refractivity contribution in [3.8, 4) is 16.5 Å². The lowest BCUT2D eigenvalue weighted by molar-refractivity contribution is 0.0892. The Morgan fingerprint density at radius 3 is 2.80 bits per heavy atom. The Morgan fingerprint density at radius 2 is 2.09 bits per heavy atom. The van der Waals surface area contributed by atoms with E-state index in [0.717, 1.165) is 11.3 Å². The van der Waals surface area contributed by atoms with Crippen LogP contribution in [0.25, 0.3) is 10.6 Å². The summed E-state index contributed by atoms with van der Waals surface area (Å²) in [5.41, 5.74) is 0.0918. The van der Waals surface area contributed by atoms with E-state index in [1.807, 2.05) is 6.92 Å². The number of amides is 1. The number of hydrogen-bond acceptors (Lipinski definition) is 10. The van der Waals surface area contributed by atoms with Crippen molar-refractivity contribution in [2.24, 2.45) is 0 Å². The second kappa shape index (κ2) is 10.6. The van der Waals surface area contributed by atoms with Gasteiger partial charge in [0.05, 0.1) is 47.5 Å². The molecule has 4 rings (SSSR count). The number of nitrogens with one attached hydrogen (secondary N) is 2. The van der Waals surface area contributed by atoms with Gasteiger partial charge in [-0.05, 0) is 25.8 Å². The zero-order valence-corrected chi connectivity index (χ0v) is 20.5. The van der Waals surface area contributed by atoms with Gasteiger partial charge in [0.1, 0.15) is 11.4 Å². The number of nitrogens with zero attached hydrogens (tertiary/aromatic N) is 4. The van der Waals surface area contributed by atoms with Crippen molar-refractivity contribution < 1.29 is 27.1 Å². The molecule has 1 fully saturated rings. The number of thiazole rings is 1. The average Bonchev–Trinajstić information content (AvgIpc) is 3.58. The van der Waals surface area contributed by atoms with Crippen molar-refractivity contribution in [2.75, 3.05) is 25.0 Å². The van der Waals surface area contributed by atoms with E-state index >= 15 is 4.39 Å². The first-order valence-corrected chi connectivity index (χ1v) is 13.1. The van der Waals surface area contributed by atoms with Gasteiger partial charge in [0.25, 0.3) is 5.91 Å². The minimum Gasteiger partial charge on any atom is -0.477 e. The van der Waals surface area contributed by atoms with Gasteiger partial charge in [-0.3, -0.25) is 19.5 Å². The zero-order valence-electron chi connectivity index (χ0n) is 18.9. The van der Waals surface area contributed by atoms with E-state index in [9.17, 15) is 13.2 Å². The van der Waals surface area contributed by atoms with E-state index in [1.165, 1.54) is 38.0 Å². The fourth-order valence-electron chi connectivity index (χ4n) is 3.15. The largest absolute Gasteiger partial charge is 0.477 e. The summed E-state index contributed by atoms with van der Waals surface area (Å²) in [6, 6.07) is 0.237. The lowest BCUT2D eigenvalue weighted by Gasteiger charge is -2.19. The highest BCUT2D eigenvalue weighted by Gasteiger charge is 2.36. The molecule has 11 nitrogen and oxygen atoms in total. The third-order valence-electron chi connectivity index (χ3n) is 4.96. The summed E-state index contributed by atoms with van der Waals surface area (Å²) in [7, 11) is -2.29. The van der Waals surface area contributed by atoms with Gasteiger partial charge in [0.15, 0.2) is 10.8 Å². The van der Waals surface area contributed by atoms with Crippen LogP contribution >= 0.6 is 11.3 Å². The molecule has 0 unspecified atom stereocenters. The Bertz CT molecular complexity index is 1320. The van der Waals surface area contributed by atoms with E-state index in [1.54, 1.807) is 0 Å². The number of methoxy groups -OCH3 is 1. The number of anilines is 1. The highest BCUT2D eigenvalue weighted by atomic mass is 32.2. The Hall–Kier alpha value is -3.23. The Morgan fingerprint density at radius 1 is 1.29 bits per heavy atom. The average molecular weight is 523 g/mol. The van der Waals surface area contributed by atoms with Crippen LogP contribution in [0.5, 0.6) is 5.88 Å². The molecule has 0 bridgehead atoms.